The molecule has 2 aromatic rings. The van der Waals surface area contributed by atoms with Crippen molar-refractivity contribution in [2.45, 2.75) is 25.6 Å². The van der Waals surface area contributed by atoms with Gasteiger partial charge in [0, 0.05) is 6.04 Å². The number of aliphatic hydroxyl groups is 1. The molecule has 0 saturated heterocycles. The lowest BCUT2D eigenvalue weighted by Crippen LogP contribution is -2.27. The molecular formula is C17H19F2NO2. The molecule has 5 heteroatoms. The first-order valence-electron chi connectivity index (χ1n) is 7.06. The fourth-order valence-electron chi connectivity index (χ4n) is 2.30. The Labute approximate surface area is 128 Å². The first kappa shape index (κ1) is 16.4. The predicted molar refractivity (Wildman–Crippen MR) is 80.9 cm³/mol. The first-order chi connectivity index (χ1) is 10.6. The van der Waals surface area contributed by atoms with Gasteiger partial charge in [-0.15, -0.1) is 0 Å². The lowest BCUT2D eigenvalue weighted by molar-refractivity contribution is -0.0499. The summed E-state index contributed by atoms with van der Waals surface area (Å²) in [5, 5.41) is 12.8. The van der Waals surface area contributed by atoms with Gasteiger partial charge in [-0.1, -0.05) is 42.5 Å². The molecule has 22 heavy (non-hydrogen) atoms. The minimum atomic E-state index is -2.84. The third kappa shape index (κ3) is 4.51. The van der Waals surface area contributed by atoms with E-state index in [0.717, 1.165) is 11.1 Å². The molecule has 2 N–H and O–H groups in total. The maximum atomic E-state index is 12.3. The summed E-state index contributed by atoms with van der Waals surface area (Å²) in [5.41, 5.74) is 1.78. The summed E-state index contributed by atoms with van der Waals surface area (Å²) in [6, 6.07) is 15.8. The zero-order valence-electron chi connectivity index (χ0n) is 12.2. The van der Waals surface area contributed by atoms with Crippen LogP contribution in [0, 0.1) is 0 Å². The molecule has 2 rings (SSSR count). The molecule has 0 fully saturated rings. The van der Waals surface area contributed by atoms with Crippen LogP contribution in [0.2, 0.25) is 0 Å². The Morgan fingerprint density at radius 3 is 2.36 bits per heavy atom. The fraction of sp³-hybridized carbons (Fsp3) is 0.294. The maximum Gasteiger partial charge on any atom is 0.387 e. The maximum absolute atomic E-state index is 12.3. The van der Waals surface area contributed by atoms with Crippen molar-refractivity contribution in [3.05, 3.63) is 65.7 Å². The standard InChI is InChI=1S/C17H19F2NO2/c1-12(14-8-5-9-15(10-14)22-17(18)19)20-16(11-21)13-6-3-2-4-7-13/h2-10,12,16-17,20-21H,11H2,1H3. The van der Waals surface area contributed by atoms with Crippen LogP contribution in [0.5, 0.6) is 5.75 Å². The Bertz CT molecular complexity index is 578. The summed E-state index contributed by atoms with van der Waals surface area (Å²) in [7, 11) is 0. The highest BCUT2D eigenvalue weighted by Gasteiger charge is 2.15. The van der Waals surface area contributed by atoms with Crippen molar-refractivity contribution in [1.82, 2.24) is 5.32 Å². The summed E-state index contributed by atoms with van der Waals surface area (Å²) >= 11 is 0. The van der Waals surface area contributed by atoms with Gasteiger partial charge in [0.2, 0.25) is 0 Å². The molecule has 0 bridgehead atoms. The van der Waals surface area contributed by atoms with Crippen molar-refractivity contribution in [3.8, 4) is 5.75 Å². The molecule has 2 atom stereocenters. The van der Waals surface area contributed by atoms with Crippen molar-refractivity contribution < 1.29 is 18.6 Å². The second-order valence-corrected chi connectivity index (χ2v) is 4.99. The van der Waals surface area contributed by atoms with Gasteiger partial charge in [0.25, 0.3) is 0 Å². The molecular weight excluding hydrogens is 288 g/mol. The van der Waals surface area contributed by atoms with Crippen LogP contribution in [0.4, 0.5) is 8.78 Å². The topological polar surface area (TPSA) is 41.5 Å². The number of ether oxygens (including phenoxy) is 1. The van der Waals surface area contributed by atoms with E-state index in [-0.39, 0.29) is 24.4 Å². The van der Waals surface area contributed by atoms with Crippen LogP contribution in [-0.4, -0.2) is 18.3 Å². The Hall–Kier alpha value is -1.98. The van der Waals surface area contributed by atoms with Crippen LogP contribution in [0.15, 0.2) is 54.6 Å². The molecule has 2 unspecified atom stereocenters. The zero-order chi connectivity index (χ0) is 15.9. The third-order valence-electron chi connectivity index (χ3n) is 3.42. The van der Waals surface area contributed by atoms with E-state index in [4.69, 9.17) is 0 Å². The third-order valence-corrected chi connectivity index (χ3v) is 3.42. The van der Waals surface area contributed by atoms with E-state index < -0.39 is 6.61 Å². The highest BCUT2D eigenvalue weighted by atomic mass is 19.3. The van der Waals surface area contributed by atoms with Crippen LogP contribution in [0.1, 0.15) is 30.1 Å². The predicted octanol–water partition coefficient (Wildman–Crippen LogP) is 3.67. The van der Waals surface area contributed by atoms with Crippen molar-refractivity contribution in [3.63, 3.8) is 0 Å². The lowest BCUT2D eigenvalue weighted by Gasteiger charge is -2.23. The van der Waals surface area contributed by atoms with Crippen molar-refractivity contribution in [2.75, 3.05) is 6.61 Å². The summed E-state index contributed by atoms with van der Waals surface area (Å²) in [6.07, 6.45) is 0. The van der Waals surface area contributed by atoms with Crippen LogP contribution in [0.25, 0.3) is 0 Å². The minimum absolute atomic E-state index is 0.0540. The monoisotopic (exact) mass is 307 g/mol. The molecule has 2 aromatic carbocycles. The number of rotatable bonds is 7. The van der Waals surface area contributed by atoms with Crippen LogP contribution < -0.4 is 10.1 Å². The SMILES string of the molecule is CC(NC(CO)c1ccccc1)c1cccc(OC(F)F)c1. The summed E-state index contributed by atoms with van der Waals surface area (Å²) < 4.78 is 28.9. The van der Waals surface area contributed by atoms with E-state index >= 15 is 0 Å². The number of hydrogen-bond acceptors (Lipinski definition) is 3. The van der Waals surface area contributed by atoms with E-state index in [1.54, 1.807) is 12.1 Å². The number of halogens is 2. The van der Waals surface area contributed by atoms with E-state index in [1.807, 2.05) is 43.3 Å². The number of hydrogen-bond donors (Lipinski definition) is 2. The van der Waals surface area contributed by atoms with Crippen molar-refractivity contribution in [1.29, 1.82) is 0 Å². The average molecular weight is 307 g/mol. The average Bonchev–Trinajstić information content (AvgIpc) is 2.53. The highest BCUT2D eigenvalue weighted by Crippen LogP contribution is 2.23. The number of benzene rings is 2. The van der Waals surface area contributed by atoms with E-state index in [1.165, 1.54) is 6.07 Å². The van der Waals surface area contributed by atoms with Crippen LogP contribution in [0.3, 0.4) is 0 Å². The number of nitrogens with one attached hydrogen (secondary N) is 1. The molecule has 3 nitrogen and oxygen atoms in total. The molecule has 0 aliphatic rings. The van der Waals surface area contributed by atoms with Gasteiger partial charge in [-0.25, -0.2) is 0 Å². The number of aliphatic hydroxyl groups excluding tert-OH is 1. The summed E-state index contributed by atoms with van der Waals surface area (Å²) in [4.78, 5) is 0. The number of alkyl halides is 2. The van der Waals surface area contributed by atoms with E-state index in [2.05, 4.69) is 10.1 Å². The van der Waals surface area contributed by atoms with E-state index in [0.29, 0.717) is 0 Å². The largest absolute Gasteiger partial charge is 0.435 e. The lowest BCUT2D eigenvalue weighted by atomic mass is 10.0. The van der Waals surface area contributed by atoms with Gasteiger partial charge < -0.3 is 15.2 Å². The molecule has 118 valence electrons. The second-order valence-electron chi connectivity index (χ2n) is 4.99. The van der Waals surface area contributed by atoms with Gasteiger partial charge in [-0.05, 0) is 30.2 Å². The minimum Gasteiger partial charge on any atom is -0.435 e. The second kappa shape index (κ2) is 7.87. The summed E-state index contributed by atoms with van der Waals surface area (Å²) in [6.45, 7) is -0.984. The normalized spacial score (nSPS) is 13.9. The van der Waals surface area contributed by atoms with E-state index in [9.17, 15) is 13.9 Å². The molecule has 0 aromatic heterocycles. The zero-order valence-corrected chi connectivity index (χ0v) is 12.2. The molecule has 0 heterocycles. The summed E-state index contributed by atoms with van der Waals surface area (Å²) in [5.74, 6) is 0.126. The first-order valence-corrected chi connectivity index (χ1v) is 7.06. The molecule has 0 aliphatic carbocycles. The van der Waals surface area contributed by atoms with Crippen LogP contribution in [-0.2, 0) is 0 Å². The van der Waals surface area contributed by atoms with Gasteiger partial charge in [0.1, 0.15) is 5.75 Å². The molecule has 0 spiro atoms. The molecule has 0 saturated carbocycles. The molecule has 0 aliphatic heterocycles. The van der Waals surface area contributed by atoms with Crippen molar-refractivity contribution >= 4 is 0 Å². The molecule has 0 amide bonds. The van der Waals surface area contributed by atoms with Crippen LogP contribution >= 0.6 is 0 Å². The van der Waals surface area contributed by atoms with Gasteiger partial charge in [0.15, 0.2) is 0 Å². The Morgan fingerprint density at radius 2 is 1.73 bits per heavy atom. The Kier molecular flexibility index (Phi) is 5.86. The fourth-order valence-corrected chi connectivity index (χ4v) is 2.30. The molecule has 0 radical (unpaired) electrons. The Balaban J connectivity index is 2.09. The van der Waals surface area contributed by atoms with Gasteiger partial charge in [0.05, 0.1) is 12.6 Å². The Morgan fingerprint density at radius 1 is 1.05 bits per heavy atom. The van der Waals surface area contributed by atoms with Crippen molar-refractivity contribution in [2.24, 2.45) is 0 Å². The quantitative estimate of drug-likeness (QED) is 0.820. The smallest absolute Gasteiger partial charge is 0.387 e. The van der Waals surface area contributed by atoms with Gasteiger partial charge in [-0.2, -0.15) is 8.78 Å². The highest BCUT2D eigenvalue weighted by molar-refractivity contribution is 5.31. The van der Waals surface area contributed by atoms with Gasteiger partial charge in [-0.3, -0.25) is 0 Å². The van der Waals surface area contributed by atoms with Gasteiger partial charge >= 0.3 is 6.61 Å².